The van der Waals surface area contributed by atoms with Crippen molar-refractivity contribution in [2.45, 2.75) is 44.9 Å². The Bertz CT molecular complexity index is 180. The van der Waals surface area contributed by atoms with Crippen LogP contribution in [0.3, 0.4) is 0 Å². The zero-order valence-electron chi connectivity index (χ0n) is 8.47. The highest BCUT2D eigenvalue weighted by Crippen LogP contribution is 2.17. The first kappa shape index (κ1) is 10.5. The summed E-state index contributed by atoms with van der Waals surface area (Å²) in [6, 6.07) is 0. The summed E-state index contributed by atoms with van der Waals surface area (Å²) in [6.07, 6.45) is 15.9. The van der Waals surface area contributed by atoms with Crippen LogP contribution in [0.25, 0.3) is 0 Å². The van der Waals surface area contributed by atoms with Gasteiger partial charge in [0.2, 0.25) is 0 Å². The van der Waals surface area contributed by atoms with Gasteiger partial charge in [-0.25, -0.2) is 0 Å². The summed E-state index contributed by atoms with van der Waals surface area (Å²) in [7, 11) is 0. The van der Waals surface area contributed by atoms with Gasteiger partial charge in [-0.2, -0.15) is 0 Å². The van der Waals surface area contributed by atoms with E-state index in [1.807, 2.05) is 0 Å². The van der Waals surface area contributed by atoms with Crippen LogP contribution in [0.4, 0.5) is 0 Å². The topological polar surface area (TPSA) is 26.0 Å². The lowest BCUT2D eigenvalue weighted by atomic mass is 9.99. The molecule has 0 saturated carbocycles. The van der Waals surface area contributed by atoms with Gasteiger partial charge in [0.1, 0.15) is 0 Å². The molecule has 74 valence electrons. The van der Waals surface area contributed by atoms with Crippen molar-refractivity contribution < 1.29 is 0 Å². The molecule has 1 nitrogen and oxygen atoms in total. The average Bonchev–Trinajstić information content (AvgIpc) is 2.08. The number of hydrogen-bond acceptors (Lipinski definition) is 1. The Morgan fingerprint density at radius 3 is 2.92 bits per heavy atom. The summed E-state index contributed by atoms with van der Waals surface area (Å²) in [5, 5.41) is 0. The fourth-order valence-electron chi connectivity index (χ4n) is 1.70. The summed E-state index contributed by atoms with van der Waals surface area (Å²) in [5.74, 6) is 0. The Kier molecular flexibility index (Phi) is 5.59. The molecular formula is C12H21N. The summed E-state index contributed by atoms with van der Waals surface area (Å²) in [6.45, 7) is 0.768. The predicted octanol–water partition coefficient (Wildman–Crippen LogP) is 3.17. The first-order valence-electron chi connectivity index (χ1n) is 5.49. The Hall–Kier alpha value is -0.560. The van der Waals surface area contributed by atoms with E-state index in [2.05, 4.69) is 18.2 Å². The molecule has 13 heavy (non-hydrogen) atoms. The van der Waals surface area contributed by atoms with Gasteiger partial charge in [-0.3, -0.25) is 0 Å². The third kappa shape index (κ3) is 4.89. The minimum atomic E-state index is 0.768. The van der Waals surface area contributed by atoms with Gasteiger partial charge in [0.05, 0.1) is 0 Å². The molecule has 0 bridgehead atoms. The van der Waals surface area contributed by atoms with Gasteiger partial charge in [0.15, 0.2) is 0 Å². The number of rotatable bonds is 3. The first-order valence-corrected chi connectivity index (χ1v) is 5.49. The Labute approximate surface area is 81.7 Å². The number of nitrogens with two attached hydrogens (primary N) is 1. The van der Waals surface area contributed by atoms with Crippen molar-refractivity contribution in [1.82, 2.24) is 0 Å². The SMILES string of the molecule is NCC/C=C/C1=CCCCCCC1. The number of allylic oxidation sites excluding steroid dienone is 3. The highest BCUT2D eigenvalue weighted by Gasteiger charge is 1.98. The molecule has 1 heteroatoms. The van der Waals surface area contributed by atoms with Crippen LogP contribution in [0, 0.1) is 0 Å². The van der Waals surface area contributed by atoms with Crippen LogP contribution in [0.5, 0.6) is 0 Å². The molecule has 0 aliphatic heterocycles. The van der Waals surface area contributed by atoms with Gasteiger partial charge in [0.25, 0.3) is 0 Å². The molecular weight excluding hydrogens is 158 g/mol. The molecule has 1 aliphatic carbocycles. The lowest BCUT2D eigenvalue weighted by molar-refractivity contribution is 0.629. The van der Waals surface area contributed by atoms with E-state index < -0.39 is 0 Å². The molecule has 2 N–H and O–H groups in total. The molecule has 0 heterocycles. The van der Waals surface area contributed by atoms with E-state index in [9.17, 15) is 0 Å². The van der Waals surface area contributed by atoms with Crippen LogP contribution < -0.4 is 5.73 Å². The molecule has 0 saturated heterocycles. The monoisotopic (exact) mass is 179 g/mol. The van der Waals surface area contributed by atoms with E-state index in [1.54, 1.807) is 0 Å². The predicted molar refractivity (Wildman–Crippen MR) is 58.6 cm³/mol. The second-order valence-corrected chi connectivity index (χ2v) is 3.71. The fraction of sp³-hybridized carbons (Fsp3) is 0.667. The quantitative estimate of drug-likeness (QED) is 0.707. The lowest BCUT2D eigenvalue weighted by Gasteiger charge is -2.07. The molecule has 0 radical (unpaired) electrons. The zero-order chi connectivity index (χ0) is 9.36. The summed E-state index contributed by atoms with van der Waals surface area (Å²) < 4.78 is 0. The molecule has 0 atom stereocenters. The van der Waals surface area contributed by atoms with Gasteiger partial charge in [-0.1, -0.05) is 36.6 Å². The van der Waals surface area contributed by atoms with Crippen LogP contribution in [0.2, 0.25) is 0 Å². The van der Waals surface area contributed by atoms with Gasteiger partial charge in [-0.05, 0) is 38.6 Å². The van der Waals surface area contributed by atoms with Crippen molar-refractivity contribution in [3.8, 4) is 0 Å². The maximum Gasteiger partial charge on any atom is -0.00425 e. The largest absolute Gasteiger partial charge is 0.330 e. The molecule has 0 fully saturated rings. The highest BCUT2D eigenvalue weighted by atomic mass is 14.5. The Morgan fingerprint density at radius 1 is 1.23 bits per heavy atom. The van der Waals surface area contributed by atoms with Crippen molar-refractivity contribution in [3.63, 3.8) is 0 Å². The minimum absolute atomic E-state index is 0.768. The maximum absolute atomic E-state index is 5.43. The van der Waals surface area contributed by atoms with Gasteiger partial charge in [0, 0.05) is 0 Å². The second-order valence-electron chi connectivity index (χ2n) is 3.71. The molecule has 0 spiro atoms. The van der Waals surface area contributed by atoms with Crippen LogP contribution in [0.15, 0.2) is 23.8 Å². The third-order valence-corrected chi connectivity index (χ3v) is 2.49. The molecule has 0 aromatic heterocycles. The van der Waals surface area contributed by atoms with E-state index in [-0.39, 0.29) is 0 Å². The van der Waals surface area contributed by atoms with Crippen molar-refractivity contribution in [2.75, 3.05) is 6.54 Å². The Morgan fingerprint density at radius 2 is 2.08 bits per heavy atom. The molecule has 0 aromatic carbocycles. The highest BCUT2D eigenvalue weighted by molar-refractivity contribution is 5.18. The van der Waals surface area contributed by atoms with Crippen LogP contribution >= 0.6 is 0 Å². The minimum Gasteiger partial charge on any atom is -0.330 e. The average molecular weight is 179 g/mol. The van der Waals surface area contributed by atoms with E-state index in [0.29, 0.717) is 0 Å². The zero-order valence-corrected chi connectivity index (χ0v) is 8.47. The molecule has 1 rings (SSSR count). The van der Waals surface area contributed by atoms with Gasteiger partial charge < -0.3 is 5.73 Å². The summed E-state index contributed by atoms with van der Waals surface area (Å²) in [5.41, 5.74) is 6.95. The molecule has 0 unspecified atom stereocenters. The van der Waals surface area contributed by atoms with Gasteiger partial charge in [-0.15, -0.1) is 0 Å². The van der Waals surface area contributed by atoms with Crippen molar-refractivity contribution >= 4 is 0 Å². The van der Waals surface area contributed by atoms with Crippen molar-refractivity contribution in [2.24, 2.45) is 5.73 Å². The molecule has 0 amide bonds. The van der Waals surface area contributed by atoms with Crippen molar-refractivity contribution in [3.05, 3.63) is 23.8 Å². The van der Waals surface area contributed by atoms with E-state index >= 15 is 0 Å². The van der Waals surface area contributed by atoms with E-state index in [0.717, 1.165) is 13.0 Å². The maximum atomic E-state index is 5.43. The summed E-state index contributed by atoms with van der Waals surface area (Å²) >= 11 is 0. The smallest absolute Gasteiger partial charge is 0.00425 e. The van der Waals surface area contributed by atoms with Crippen molar-refractivity contribution in [1.29, 1.82) is 0 Å². The van der Waals surface area contributed by atoms with E-state index in [1.165, 1.54) is 44.1 Å². The van der Waals surface area contributed by atoms with Crippen LogP contribution in [-0.4, -0.2) is 6.54 Å². The number of hydrogen-bond donors (Lipinski definition) is 1. The lowest BCUT2D eigenvalue weighted by Crippen LogP contribution is -1.95. The first-order chi connectivity index (χ1) is 6.43. The Balaban J connectivity index is 2.35. The third-order valence-electron chi connectivity index (χ3n) is 2.49. The standard InChI is InChI=1S/C12H21N/c13-11-7-6-10-12-8-4-2-1-3-5-9-12/h6,8,10H,1-5,7,9,11,13H2/b10-6+,12-8?. The molecule has 0 aromatic rings. The molecule has 1 aliphatic rings. The van der Waals surface area contributed by atoms with Crippen LogP contribution in [-0.2, 0) is 0 Å². The fourth-order valence-corrected chi connectivity index (χ4v) is 1.70. The normalized spacial score (nSPS) is 19.6. The van der Waals surface area contributed by atoms with Crippen LogP contribution in [0.1, 0.15) is 44.9 Å². The van der Waals surface area contributed by atoms with E-state index in [4.69, 9.17) is 5.73 Å². The summed E-state index contributed by atoms with van der Waals surface area (Å²) in [4.78, 5) is 0. The second kappa shape index (κ2) is 6.90. The van der Waals surface area contributed by atoms with Gasteiger partial charge >= 0.3 is 0 Å².